The highest BCUT2D eigenvalue weighted by Crippen LogP contribution is 2.36. The molecule has 3 atom stereocenters. The van der Waals surface area contributed by atoms with Crippen LogP contribution in [0, 0.1) is 17.8 Å². The van der Waals surface area contributed by atoms with E-state index in [0.717, 1.165) is 19.6 Å². The van der Waals surface area contributed by atoms with Crippen molar-refractivity contribution in [2.75, 3.05) is 13.1 Å². The molecule has 1 saturated heterocycles. The second-order valence-electron chi connectivity index (χ2n) is 6.77. The topological polar surface area (TPSA) is 32.3 Å². The number of carbonyl (C=O) groups excluding carboxylic acids is 1. The predicted octanol–water partition coefficient (Wildman–Crippen LogP) is 2.67. The molecule has 21 heavy (non-hydrogen) atoms. The molecule has 0 bridgehead atoms. The lowest BCUT2D eigenvalue weighted by atomic mass is 9.95. The Labute approximate surface area is 127 Å². The molecular weight excluding hydrogens is 260 g/mol. The first-order valence-electron chi connectivity index (χ1n) is 8.22. The highest BCUT2D eigenvalue weighted by Gasteiger charge is 2.39. The molecule has 0 spiro atoms. The van der Waals surface area contributed by atoms with E-state index in [4.69, 9.17) is 0 Å². The fourth-order valence-corrected chi connectivity index (χ4v) is 3.39. The molecule has 0 aromatic heterocycles. The molecule has 2 fully saturated rings. The summed E-state index contributed by atoms with van der Waals surface area (Å²) in [6.07, 6.45) is 2.55. The molecule has 3 heteroatoms. The maximum Gasteiger partial charge on any atom is 0.227 e. The van der Waals surface area contributed by atoms with Crippen molar-refractivity contribution < 1.29 is 4.79 Å². The fourth-order valence-electron chi connectivity index (χ4n) is 3.39. The minimum atomic E-state index is 0.148. The van der Waals surface area contributed by atoms with Gasteiger partial charge in [-0.05, 0) is 43.7 Å². The zero-order chi connectivity index (χ0) is 14.8. The molecule has 114 valence electrons. The van der Waals surface area contributed by atoms with Crippen molar-refractivity contribution in [1.29, 1.82) is 0 Å². The Balaban J connectivity index is 1.76. The van der Waals surface area contributed by atoms with Crippen molar-refractivity contribution >= 4 is 5.91 Å². The number of hydrogen-bond donors (Lipinski definition) is 1. The van der Waals surface area contributed by atoms with Crippen LogP contribution < -0.4 is 5.32 Å². The van der Waals surface area contributed by atoms with E-state index in [-0.39, 0.29) is 5.92 Å². The van der Waals surface area contributed by atoms with Gasteiger partial charge in [-0.2, -0.15) is 0 Å². The molecule has 1 aliphatic heterocycles. The first-order valence-corrected chi connectivity index (χ1v) is 8.22. The third-order valence-electron chi connectivity index (χ3n) is 5.11. The second kappa shape index (κ2) is 6.18. The lowest BCUT2D eigenvalue weighted by Gasteiger charge is -2.33. The Kier molecular flexibility index (Phi) is 4.29. The van der Waals surface area contributed by atoms with Gasteiger partial charge in [-0.15, -0.1) is 0 Å². The van der Waals surface area contributed by atoms with Crippen molar-refractivity contribution in [1.82, 2.24) is 10.2 Å². The van der Waals surface area contributed by atoms with Crippen molar-refractivity contribution in [3.8, 4) is 0 Å². The number of rotatable bonds is 5. The van der Waals surface area contributed by atoms with Crippen molar-refractivity contribution in [2.24, 2.45) is 17.8 Å². The van der Waals surface area contributed by atoms with Crippen molar-refractivity contribution in [3.05, 3.63) is 35.9 Å². The quantitative estimate of drug-likeness (QED) is 0.902. The minimum absolute atomic E-state index is 0.148. The van der Waals surface area contributed by atoms with Crippen molar-refractivity contribution in [2.45, 2.75) is 39.3 Å². The summed E-state index contributed by atoms with van der Waals surface area (Å²) in [5.74, 6) is 1.65. The molecule has 3 nitrogen and oxygen atoms in total. The zero-order valence-electron chi connectivity index (χ0n) is 13.1. The molecule has 2 aliphatic rings. The maximum atomic E-state index is 13.0. The number of nitrogens with zero attached hydrogens (tertiary/aromatic N) is 1. The van der Waals surface area contributed by atoms with E-state index in [1.807, 2.05) is 6.07 Å². The summed E-state index contributed by atoms with van der Waals surface area (Å²) >= 11 is 0. The van der Waals surface area contributed by atoms with Gasteiger partial charge in [0.2, 0.25) is 5.91 Å². The van der Waals surface area contributed by atoms with Crippen LogP contribution in [0.2, 0.25) is 0 Å². The van der Waals surface area contributed by atoms with Crippen LogP contribution in [0.5, 0.6) is 0 Å². The Hall–Kier alpha value is -1.35. The Bertz CT molecular complexity index is 483. The van der Waals surface area contributed by atoms with E-state index >= 15 is 0 Å². The van der Waals surface area contributed by atoms with Crippen LogP contribution in [0.15, 0.2) is 30.3 Å². The first-order chi connectivity index (χ1) is 10.2. The number of carbonyl (C=O) groups is 1. The molecule has 1 aromatic carbocycles. The van der Waals surface area contributed by atoms with Crippen LogP contribution in [0.3, 0.4) is 0 Å². The lowest BCUT2D eigenvalue weighted by molar-refractivity contribution is -0.139. The lowest BCUT2D eigenvalue weighted by Crippen LogP contribution is -2.44. The van der Waals surface area contributed by atoms with Gasteiger partial charge in [-0.25, -0.2) is 0 Å². The fraction of sp³-hybridized carbons (Fsp3) is 0.611. The summed E-state index contributed by atoms with van der Waals surface area (Å²) in [6.45, 7) is 6.97. The first kappa shape index (κ1) is 14.6. The van der Waals surface area contributed by atoms with Gasteiger partial charge in [0.25, 0.3) is 0 Å². The van der Waals surface area contributed by atoms with Gasteiger partial charge in [-0.1, -0.05) is 37.3 Å². The maximum absolute atomic E-state index is 13.0. The molecular formula is C18H26N2O. The molecule has 1 aromatic rings. The molecule has 1 N–H and O–H groups in total. The van der Waals surface area contributed by atoms with Crippen LogP contribution in [-0.2, 0) is 11.3 Å². The molecule has 1 aliphatic carbocycles. The van der Waals surface area contributed by atoms with Crippen LogP contribution in [0.25, 0.3) is 0 Å². The third kappa shape index (κ3) is 3.29. The highest BCUT2D eigenvalue weighted by molar-refractivity contribution is 5.80. The molecule has 3 rings (SSSR count). The van der Waals surface area contributed by atoms with E-state index in [1.54, 1.807) is 0 Å². The average Bonchev–Trinajstić information content (AvgIpc) is 3.26. The Morgan fingerprint density at radius 1 is 1.29 bits per heavy atom. The van der Waals surface area contributed by atoms with Crippen LogP contribution >= 0.6 is 0 Å². The standard InChI is InChI=1S/C18H26N2O/c1-13-10-19-11-17(13)18(21)20(14(2)16-8-9-16)12-15-6-4-3-5-7-15/h3-7,13-14,16-17,19H,8-12H2,1-2H3. The van der Waals surface area contributed by atoms with Crippen LogP contribution in [0.4, 0.5) is 0 Å². The van der Waals surface area contributed by atoms with E-state index in [2.05, 4.69) is 48.3 Å². The minimum Gasteiger partial charge on any atom is -0.335 e. The van der Waals surface area contributed by atoms with Gasteiger partial charge in [0.1, 0.15) is 0 Å². The van der Waals surface area contributed by atoms with Gasteiger partial charge in [0.15, 0.2) is 0 Å². The highest BCUT2D eigenvalue weighted by atomic mass is 16.2. The van der Waals surface area contributed by atoms with Gasteiger partial charge < -0.3 is 10.2 Å². The normalized spacial score (nSPS) is 26.6. The summed E-state index contributed by atoms with van der Waals surface area (Å²) in [6, 6.07) is 10.7. The second-order valence-corrected chi connectivity index (χ2v) is 6.77. The molecule has 1 amide bonds. The van der Waals surface area contributed by atoms with E-state index in [9.17, 15) is 4.79 Å². The van der Waals surface area contributed by atoms with Gasteiger partial charge in [-0.3, -0.25) is 4.79 Å². The van der Waals surface area contributed by atoms with E-state index in [0.29, 0.717) is 23.8 Å². The largest absolute Gasteiger partial charge is 0.335 e. The van der Waals surface area contributed by atoms with Crippen LogP contribution in [-0.4, -0.2) is 29.9 Å². The van der Waals surface area contributed by atoms with Gasteiger partial charge in [0.05, 0.1) is 5.92 Å². The van der Waals surface area contributed by atoms with E-state index < -0.39 is 0 Å². The summed E-state index contributed by atoms with van der Waals surface area (Å²) in [7, 11) is 0. The monoisotopic (exact) mass is 286 g/mol. The third-order valence-corrected chi connectivity index (χ3v) is 5.11. The number of hydrogen-bond acceptors (Lipinski definition) is 2. The van der Waals surface area contributed by atoms with Gasteiger partial charge >= 0.3 is 0 Å². The summed E-state index contributed by atoms with van der Waals surface area (Å²) in [5.41, 5.74) is 1.23. The SMILES string of the molecule is CC1CNCC1C(=O)N(Cc1ccccc1)C(C)C1CC1. The van der Waals surface area contributed by atoms with E-state index in [1.165, 1.54) is 18.4 Å². The molecule has 0 radical (unpaired) electrons. The summed E-state index contributed by atoms with van der Waals surface area (Å²) in [4.78, 5) is 15.2. The Morgan fingerprint density at radius 2 is 2.00 bits per heavy atom. The molecule has 1 saturated carbocycles. The molecule has 3 unspecified atom stereocenters. The molecule has 1 heterocycles. The summed E-state index contributed by atoms with van der Waals surface area (Å²) in [5, 5.41) is 3.36. The summed E-state index contributed by atoms with van der Waals surface area (Å²) < 4.78 is 0. The smallest absolute Gasteiger partial charge is 0.227 e. The van der Waals surface area contributed by atoms with Crippen LogP contribution in [0.1, 0.15) is 32.3 Å². The number of amides is 1. The predicted molar refractivity (Wildman–Crippen MR) is 84.7 cm³/mol. The van der Waals surface area contributed by atoms with Gasteiger partial charge in [0, 0.05) is 19.1 Å². The van der Waals surface area contributed by atoms with Crippen molar-refractivity contribution in [3.63, 3.8) is 0 Å². The Morgan fingerprint density at radius 3 is 2.57 bits per heavy atom. The zero-order valence-corrected chi connectivity index (χ0v) is 13.1. The number of benzene rings is 1. The average molecular weight is 286 g/mol. The number of nitrogens with one attached hydrogen (secondary N) is 1.